The highest BCUT2D eigenvalue weighted by Crippen LogP contribution is 2.10. The standard InChI is InChI=1S/2C13H30N.BrH.ClH/c2*1-5-6-7-8-9-10-11-12-13-14(2,3)4;;/h2*5-13H2,1-4H3;2*1H/q2*+1;;/p-2. The van der Waals surface area contributed by atoms with E-state index in [4.69, 9.17) is 0 Å². The van der Waals surface area contributed by atoms with Gasteiger partial charge < -0.3 is 38.4 Å². The van der Waals surface area contributed by atoms with Gasteiger partial charge in [-0.3, -0.25) is 0 Å². The molecule has 0 aliphatic heterocycles. The molecule has 0 saturated carbocycles. The highest BCUT2D eigenvalue weighted by molar-refractivity contribution is 4.46. The van der Waals surface area contributed by atoms with Gasteiger partial charge in [0, 0.05) is 0 Å². The van der Waals surface area contributed by atoms with Gasteiger partial charge in [-0.1, -0.05) is 90.9 Å². The van der Waals surface area contributed by atoms with Crippen LogP contribution in [0.25, 0.3) is 0 Å². The molecule has 0 atom stereocenters. The molecule has 0 aromatic heterocycles. The third kappa shape index (κ3) is 42.7. The molecule has 4 heteroatoms. The first-order valence-corrected chi connectivity index (χ1v) is 12.7. The fraction of sp³-hybridized carbons (Fsp3) is 1.00. The number of halogens is 2. The van der Waals surface area contributed by atoms with Crippen LogP contribution in [-0.4, -0.2) is 64.3 Å². The molecule has 0 aliphatic rings. The molecule has 0 unspecified atom stereocenters. The fourth-order valence-electron chi connectivity index (χ4n) is 3.44. The highest BCUT2D eigenvalue weighted by Gasteiger charge is 2.05. The Morgan fingerprint density at radius 1 is 0.367 bits per heavy atom. The monoisotopic (exact) mass is 514 g/mol. The second-order valence-corrected chi connectivity index (χ2v) is 11.0. The van der Waals surface area contributed by atoms with Crippen molar-refractivity contribution in [1.82, 2.24) is 0 Å². The smallest absolute Gasteiger partial charge is 0.0780 e. The quantitative estimate of drug-likeness (QED) is 0.192. The Kier molecular flexibility index (Phi) is 32.8. The molecule has 188 valence electrons. The second kappa shape index (κ2) is 25.9. The van der Waals surface area contributed by atoms with Crippen LogP contribution in [0.1, 0.15) is 117 Å². The first kappa shape index (κ1) is 38.0. The summed E-state index contributed by atoms with van der Waals surface area (Å²) in [6.07, 6.45) is 22.9. The molecular weight excluding hydrogens is 456 g/mol. The zero-order valence-electron chi connectivity index (χ0n) is 22.4. The van der Waals surface area contributed by atoms with Gasteiger partial charge >= 0.3 is 0 Å². The fourth-order valence-corrected chi connectivity index (χ4v) is 3.44. The van der Waals surface area contributed by atoms with E-state index < -0.39 is 0 Å². The van der Waals surface area contributed by atoms with Crippen molar-refractivity contribution in [2.24, 2.45) is 0 Å². The SMILES string of the molecule is CCCCCCCCCC[N+](C)(C)C.CCCCCCCCCC[N+](C)(C)C.[Br-].[Cl-]. The highest BCUT2D eigenvalue weighted by atomic mass is 79.9. The van der Waals surface area contributed by atoms with E-state index in [-0.39, 0.29) is 29.4 Å². The first-order valence-electron chi connectivity index (χ1n) is 12.7. The minimum absolute atomic E-state index is 0. The predicted octanol–water partition coefficient (Wildman–Crippen LogP) is 1.67. The van der Waals surface area contributed by atoms with Gasteiger partial charge in [-0.2, -0.15) is 0 Å². The van der Waals surface area contributed by atoms with Crippen molar-refractivity contribution in [2.75, 3.05) is 55.4 Å². The molecule has 0 aliphatic carbocycles. The van der Waals surface area contributed by atoms with E-state index in [0.29, 0.717) is 0 Å². The van der Waals surface area contributed by atoms with Gasteiger partial charge in [0.25, 0.3) is 0 Å². The zero-order valence-corrected chi connectivity index (χ0v) is 24.7. The molecule has 0 rings (SSSR count). The van der Waals surface area contributed by atoms with Crippen molar-refractivity contribution in [3.63, 3.8) is 0 Å². The zero-order chi connectivity index (χ0) is 21.7. The van der Waals surface area contributed by atoms with Crippen molar-refractivity contribution < 1.29 is 38.4 Å². The minimum atomic E-state index is 0. The van der Waals surface area contributed by atoms with Gasteiger partial charge in [0.15, 0.2) is 0 Å². The van der Waals surface area contributed by atoms with E-state index in [1.807, 2.05) is 0 Å². The lowest BCUT2D eigenvalue weighted by molar-refractivity contribution is -0.870. The Morgan fingerprint density at radius 3 is 0.767 bits per heavy atom. The topological polar surface area (TPSA) is 0 Å². The van der Waals surface area contributed by atoms with Crippen molar-refractivity contribution in [3.05, 3.63) is 0 Å². The molecule has 0 heterocycles. The predicted molar refractivity (Wildman–Crippen MR) is 131 cm³/mol. The van der Waals surface area contributed by atoms with Crippen molar-refractivity contribution in [1.29, 1.82) is 0 Å². The van der Waals surface area contributed by atoms with Crippen molar-refractivity contribution in [2.45, 2.75) is 117 Å². The van der Waals surface area contributed by atoms with Crippen LogP contribution in [0, 0.1) is 0 Å². The number of rotatable bonds is 18. The van der Waals surface area contributed by atoms with E-state index in [1.54, 1.807) is 0 Å². The maximum absolute atomic E-state index is 2.28. The summed E-state index contributed by atoms with van der Waals surface area (Å²) in [7, 11) is 13.7. The molecule has 0 aromatic rings. The van der Waals surface area contributed by atoms with Crippen LogP contribution in [0.2, 0.25) is 0 Å². The summed E-state index contributed by atoms with van der Waals surface area (Å²) in [5.41, 5.74) is 0. The Morgan fingerprint density at radius 2 is 0.567 bits per heavy atom. The van der Waals surface area contributed by atoms with E-state index in [0.717, 1.165) is 8.97 Å². The third-order valence-electron chi connectivity index (χ3n) is 5.36. The molecule has 0 spiro atoms. The van der Waals surface area contributed by atoms with Crippen molar-refractivity contribution in [3.8, 4) is 0 Å². The van der Waals surface area contributed by atoms with Crippen LogP contribution in [0.4, 0.5) is 0 Å². The number of hydrogen-bond acceptors (Lipinski definition) is 0. The average molecular weight is 516 g/mol. The lowest BCUT2D eigenvalue weighted by atomic mass is 10.1. The van der Waals surface area contributed by atoms with Gasteiger partial charge in [0.1, 0.15) is 0 Å². The number of quaternary nitrogens is 2. The number of nitrogens with zero attached hydrogens (tertiary/aromatic N) is 2. The Balaban J connectivity index is -0.000000211. The Labute approximate surface area is 209 Å². The molecular formula is C26H60BrClN2. The second-order valence-electron chi connectivity index (χ2n) is 11.0. The normalized spacial score (nSPS) is 11.2. The minimum Gasteiger partial charge on any atom is -1.00 e. The molecule has 0 radical (unpaired) electrons. The van der Waals surface area contributed by atoms with Crippen LogP contribution in [0.3, 0.4) is 0 Å². The molecule has 0 fully saturated rings. The van der Waals surface area contributed by atoms with Gasteiger partial charge in [0.05, 0.1) is 55.4 Å². The molecule has 2 nitrogen and oxygen atoms in total. The van der Waals surface area contributed by atoms with Gasteiger partial charge in [-0.15, -0.1) is 0 Å². The van der Waals surface area contributed by atoms with Crippen LogP contribution >= 0.6 is 0 Å². The Hall–Kier alpha value is 0.690. The van der Waals surface area contributed by atoms with Crippen LogP contribution in [0.5, 0.6) is 0 Å². The van der Waals surface area contributed by atoms with Crippen molar-refractivity contribution >= 4 is 0 Å². The van der Waals surface area contributed by atoms with Crippen LogP contribution in [0.15, 0.2) is 0 Å². The van der Waals surface area contributed by atoms with E-state index in [9.17, 15) is 0 Å². The summed E-state index contributed by atoms with van der Waals surface area (Å²) in [6.45, 7) is 7.21. The lowest BCUT2D eigenvalue weighted by Crippen LogP contribution is -3.00. The van der Waals surface area contributed by atoms with Crippen LogP contribution in [-0.2, 0) is 0 Å². The van der Waals surface area contributed by atoms with E-state index in [2.05, 4.69) is 56.1 Å². The largest absolute Gasteiger partial charge is 1.00 e. The van der Waals surface area contributed by atoms with Gasteiger partial charge in [0.2, 0.25) is 0 Å². The maximum Gasteiger partial charge on any atom is 0.0780 e. The van der Waals surface area contributed by atoms with Crippen LogP contribution < -0.4 is 29.4 Å². The third-order valence-corrected chi connectivity index (χ3v) is 5.36. The Bertz CT molecular complexity index is 268. The molecule has 30 heavy (non-hydrogen) atoms. The number of hydrogen-bond donors (Lipinski definition) is 0. The van der Waals surface area contributed by atoms with E-state index in [1.165, 1.54) is 116 Å². The molecule has 0 aromatic carbocycles. The molecule has 0 saturated heterocycles. The summed E-state index contributed by atoms with van der Waals surface area (Å²) in [4.78, 5) is 0. The number of unbranched alkanes of at least 4 members (excludes halogenated alkanes) is 14. The summed E-state index contributed by atoms with van der Waals surface area (Å²) >= 11 is 0. The maximum atomic E-state index is 2.28. The summed E-state index contributed by atoms with van der Waals surface area (Å²) in [5, 5.41) is 0. The molecule has 0 N–H and O–H groups in total. The van der Waals surface area contributed by atoms with E-state index >= 15 is 0 Å². The molecule has 0 amide bonds. The molecule has 0 bridgehead atoms. The summed E-state index contributed by atoms with van der Waals surface area (Å²) in [6, 6.07) is 0. The van der Waals surface area contributed by atoms with Gasteiger partial charge in [-0.05, 0) is 25.7 Å². The first-order chi connectivity index (χ1) is 13.1. The van der Waals surface area contributed by atoms with Gasteiger partial charge in [-0.25, -0.2) is 0 Å². The summed E-state index contributed by atoms with van der Waals surface area (Å²) < 4.78 is 2.24. The summed E-state index contributed by atoms with van der Waals surface area (Å²) in [5.74, 6) is 0. The average Bonchev–Trinajstić information content (AvgIpc) is 2.58. The lowest BCUT2D eigenvalue weighted by Gasteiger charge is -2.23.